The van der Waals surface area contributed by atoms with E-state index in [0.29, 0.717) is 37.6 Å². The highest BCUT2D eigenvalue weighted by Gasteiger charge is 2.78. The van der Waals surface area contributed by atoms with Gasteiger partial charge in [0.05, 0.1) is 6.10 Å². The smallest absolute Gasteiger partial charge is 0.339 e. The summed E-state index contributed by atoms with van der Waals surface area (Å²) in [5, 5.41) is 10.9. The quantitative estimate of drug-likeness (QED) is 0.467. The summed E-state index contributed by atoms with van der Waals surface area (Å²) in [7, 11) is 0. The number of halogens is 3. The summed E-state index contributed by atoms with van der Waals surface area (Å²) in [4.78, 5) is 39.6. The largest absolute Gasteiger partial charge is 0.447 e. The molecule has 216 valence electrons. The van der Waals surface area contributed by atoms with Gasteiger partial charge in [-0.25, -0.2) is 18.0 Å². The van der Waals surface area contributed by atoms with Gasteiger partial charge >= 0.3 is 5.97 Å². The van der Waals surface area contributed by atoms with Crippen molar-refractivity contribution in [3.63, 3.8) is 0 Å². The first-order valence-corrected chi connectivity index (χ1v) is 14.8. The molecule has 0 aromatic rings. The molecule has 39 heavy (non-hydrogen) atoms. The number of rotatable bonds is 5. The first-order chi connectivity index (χ1) is 18.3. The predicted octanol–water partition coefficient (Wildman–Crippen LogP) is 4.98. The third-order valence-corrected chi connectivity index (χ3v) is 11.6. The molecule has 10 atom stereocenters. The third kappa shape index (κ3) is 3.59. The number of aliphatic hydroxyl groups is 1. The molecule has 3 saturated carbocycles. The van der Waals surface area contributed by atoms with E-state index in [2.05, 4.69) is 0 Å². The van der Waals surface area contributed by atoms with Gasteiger partial charge in [0.2, 0.25) is 5.12 Å². The van der Waals surface area contributed by atoms with Gasteiger partial charge in [0.25, 0.3) is 0 Å². The monoisotopic (exact) mass is 570 g/mol. The molecule has 10 heteroatoms. The van der Waals surface area contributed by atoms with Crippen LogP contribution in [0.25, 0.3) is 0 Å². The molecule has 1 heterocycles. The van der Waals surface area contributed by atoms with E-state index in [1.165, 1.54) is 19.1 Å². The summed E-state index contributed by atoms with van der Waals surface area (Å²) in [5.74, 6) is -3.51. The Hall–Kier alpha value is -1.65. The lowest BCUT2D eigenvalue weighted by Crippen LogP contribution is -2.71. The predicted molar refractivity (Wildman–Crippen MR) is 139 cm³/mol. The van der Waals surface area contributed by atoms with Crippen LogP contribution in [0.3, 0.4) is 0 Å². The van der Waals surface area contributed by atoms with Crippen LogP contribution in [0, 0.1) is 28.6 Å². The Labute approximate surface area is 231 Å². The van der Waals surface area contributed by atoms with E-state index in [9.17, 15) is 23.9 Å². The van der Waals surface area contributed by atoms with E-state index in [0.717, 1.165) is 6.08 Å². The van der Waals surface area contributed by atoms with E-state index in [4.69, 9.17) is 9.47 Å². The average molecular weight is 571 g/mol. The van der Waals surface area contributed by atoms with Crippen LogP contribution in [0.4, 0.5) is 13.2 Å². The number of hydrogen-bond acceptors (Lipinski definition) is 7. The topological polar surface area (TPSA) is 89.9 Å². The van der Waals surface area contributed by atoms with Crippen molar-refractivity contribution in [2.45, 2.75) is 95.4 Å². The molecule has 6 nitrogen and oxygen atoms in total. The Balaban J connectivity index is 1.62. The van der Waals surface area contributed by atoms with Gasteiger partial charge in [-0.05, 0) is 80.9 Å². The summed E-state index contributed by atoms with van der Waals surface area (Å²) >= 11 is 0.394. The molecule has 1 aliphatic heterocycles. The van der Waals surface area contributed by atoms with Crippen molar-refractivity contribution in [3.8, 4) is 0 Å². The Bertz CT molecular complexity index is 1140. The Kier molecular flexibility index (Phi) is 6.99. The molecule has 0 radical (unpaired) electrons. The van der Waals surface area contributed by atoms with E-state index in [1.54, 1.807) is 20.8 Å². The normalized spacial score (nSPS) is 48.7. The van der Waals surface area contributed by atoms with Crippen molar-refractivity contribution >= 4 is 28.6 Å². The number of hydrogen-bond donors (Lipinski definition) is 1. The number of carbonyl (C=O) groups excluding carboxylic acids is 3. The molecule has 5 aliphatic rings. The minimum atomic E-state index is -2.34. The van der Waals surface area contributed by atoms with Crippen molar-refractivity contribution in [1.82, 2.24) is 0 Å². The highest BCUT2D eigenvalue weighted by Crippen LogP contribution is 2.72. The Morgan fingerprint density at radius 2 is 1.97 bits per heavy atom. The number of ether oxygens (including phenoxy) is 2. The highest BCUT2D eigenvalue weighted by atomic mass is 32.2. The van der Waals surface area contributed by atoms with Gasteiger partial charge in [0.1, 0.15) is 12.2 Å². The zero-order valence-corrected chi connectivity index (χ0v) is 23.6. The fourth-order valence-electron chi connectivity index (χ4n) is 8.90. The van der Waals surface area contributed by atoms with Crippen LogP contribution >= 0.6 is 11.8 Å². The second-order valence-electron chi connectivity index (χ2n) is 12.5. The second kappa shape index (κ2) is 9.44. The number of aliphatic hydroxyl groups excluding tert-OH is 1. The van der Waals surface area contributed by atoms with E-state index < -0.39 is 80.6 Å². The third-order valence-electron chi connectivity index (χ3n) is 11.0. The van der Waals surface area contributed by atoms with Crippen LogP contribution in [0.15, 0.2) is 23.8 Å². The fraction of sp³-hybridized carbons (Fsp3) is 0.759. The van der Waals surface area contributed by atoms with Crippen molar-refractivity contribution in [2.24, 2.45) is 28.6 Å². The molecule has 5 unspecified atom stereocenters. The number of carbonyl (C=O) groups is 3. The van der Waals surface area contributed by atoms with Gasteiger partial charge in [-0.2, -0.15) is 0 Å². The molecule has 5 rings (SSSR count). The molecule has 4 aliphatic carbocycles. The van der Waals surface area contributed by atoms with Crippen LogP contribution in [-0.2, 0) is 23.9 Å². The van der Waals surface area contributed by atoms with E-state index in [-0.39, 0.29) is 24.8 Å². The summed E-state index contributed by atoms with van der Waals surface area (Å²) in [6, 6.07) is -1.04. The molecule has 0 spiro atoms. The molecule has 1 saturated heterocycles. The first-order valence-electron chi connectivity index (χ1n) is 13.8. The van der Waals surface area contributed by atoms with Crippen molar-refractivity contribution in [2.75, 3.05) is 12.6 Å². The van der Waals surface area contributed by atoms with Gasteiger partial charge in [0.15, 0.2) is 22.7 Å². The maximum absolute atomic E-state index is 17.5. The zero-order chi connectivity index (χ0) is 28.6. The molecule has 0 bridgehead atoms. The van der Waals surface area contributed by atoms with E-state index >= 15 is 8.78 Å². The number of thioether (sulfide) groups is 1. The number of ketones is 1. The number of alkyl halides is 3. The summed E-state index contributed by atoms with van der Waals surface area (Å²) < 4.78 is 58.9. The SMILES string of the molecule is CC[C@]1(C(=O)OC2(C(=O)SCF)C(C)C[C@H]3[C@@H]4CC(F)C5=CC(=O)C=C[C@]5(C)C4(F)C(O)C[C@@]32C)CCCO1. The highest BCUT2D eigenvalue weighted by molar-refractivity contribution is 8.13. The van der Waals surface area contributed by atoms with Crippen molar-refractivity contribution in [1.29, 1.82) is 0 Å². The van der Waals surface area contributed by atoms with Gasteiger partial charge in [-0.15, -0.1) is 0 Å². The summed E-state index contributed by atoms with van der Waals surface area (Å²) in [6.07, 6.45) is 1.43. The molecule has 0 amide bonds. The molecule has 0 aromatic carbocycles. The molecular weight excluding hydrogens is 533 g/mol. The van der Waals surface area contributed by atoms with E-state index in [1.807, 2.05) is 0 Å². The van der Waals surface area contributed by atoms with Crippen LogP contribution in [0.1, 0.15) is 66.2 Å². The lowest BCUT2D eigenvalue weighted by molar-refractivity contribution is -0.234. The Morgan fingerprint density at radius 1 is 1.26 bits per heavy atom. The molecular formula is C29H37F3O6S. The van der Waals surface area contributed by atoms with Crippen LogP contribution < -0.4 is 0 Å². The second-order valence-corrected chi connectivity index (χ2v) is 13.3. The average Bonchev–Trinajstić information content (AvgIpc) is 3.46. The summed E-state index contributed by atoms with van der Waals surface area (Å²) in [5.41, 5.74) is -8.31. The van der Waals surface area contributed by atoms with Gasteiger partial charge in [-0.3, -0.25) is 9.59 Å². The van der Waals surface area contributed by atoms with Crippen molar-refractivity contribution < 1.29 is 42.1 Å². The number of esters is 1. The minimum absolute atomic E-state index is 0.00692. The lowest BCUT2D eigenvalue weighted by atomic mass is 9.44. The van der Waals surface area contributed by atoms with Gasteiger partial charge in [-0.1, -0.05) is 26.8 Å². The molecule has 0 aromatic heterocycles. The van der Waals surface area contributed by atoms with Crippen LogP contribution in [0.2, 0.25) is 0 Å². The minimum Gasteiger partial charge on any atom is -0.447 e. The van der Waals surface area contributed by atoms with Crippen molar-refractivity contribution in [3.05, 3.63) is 23.8 Å². The summed E-state index contributed by atoms with van der Waals surface area (Å²) in [6.45, 7) is 7.06. The molecule has 1 N–H and O–H groups in total. The van der Waals surface area contributed by atoms with Crippen LogP contribution in [0.5, 0.6) is 0 Å². The number of allylic oxidation sites excluding steroid dienone is 4. The first kappa shape index (κ1) is 28.9. The van der Waals surface area contributed by atoms with Gasteiger partial charge in [0, 0.05) is 29.3 Å². The fourth-order valence-corrected chi connectivity index (χ4v) is 9.68. The standard InChI is InChI=1S/C29H37F3O6S/c1-5-27(8-6-10-37-27)23(35)38-29(24(36)39-15-30)16(2)11-18-19-13-21(31)20-12-17(33)7-9-25(20,3)28(19,32)22(34)14-26(18,29)4/h7,9,12,16,18-19,21-22,34H,5-6,8,10-11,13-15H2,1-4H3/t16?,18-,19-,21?,22?,25-,26-,27+,28?,29?/m0/s1. The number of fused-ring (bicyclic) bond motifs is 5. The lowest BCUT2D eigenvalue weighted by Gasteiger charge is -2.63. The zero-order valence-electron chi connectivity index (χ0n) is 22.8. The maximum atomic E-state index is 17.5. The van der Waals surface area contributed by atoms with Gasteiger partial charge < -0.3 is 14.6 Å². The van der Waals surface area contributed by atoms with Crippen LogP contribution in [-0.4, -0.2) is 63.7 Å². The Morgan fingerprint density at radius 3 is 2.59 bits per heavy atom. The molecule has 4 fully saturated rings. The maximum Gasteiger partial charge on any atom is 0.339 e.